The summed E-state index contributed by atoms with van der Waals surface area (Å²) in [7, 11) is 0. The SMILES string of the molecule is O=C(N/N=C/C1CCN(Cc2ccccc2Cl)CC1)c1cc(Nc2ccccc2)ccn1. The van der Waals surface area contributed by atoms with E-state index in [0.29, 0.717) is 11.6 Å². The van der Waals surface area contributed by atoms with Crippen molar-refractivity contribution >= 4 is 35.1 Å². The molecule has 4 rings (SSSR count). The highest BCUT2D eigenvalue weighted by molar-refractivity contribution is 6.31. The second-order valence-corrected chi connectivity index (χ2v) is 8.25. The fourth-order valence-electron chi connectivity index (χ4n) is 3.71. The number of aromatic nitrogens is 1. The van der Waals surface area contributed by atoms with Gasteiger partial charge in [-0.3, -0.25) is 14.7 Å². The summed E-state index contributed by atoms with van der Waals surface area (Å²) in [5.74, 6) is 0.0194. The molecule has 7 heteroatoms. The molecule has 0 atom stereocenters. The van der Waals surface area contributed by atoms with Crippen molar-refractivity contribution in [3.8, 4) is 0 Å². The molecule has 6 nitrogen and oxygen atoms in total. The molecule has 0 unspecified atom stereocenters. The first-order chi connectivity index (χ1) is 15.7. The number of carbonyl (C=O) groups is 1. The van der Waals surface area contributed by atoms with Crippen molar-refractivity contribution < 1.29 is 4.79 Å². The molecular formula is C25H26ClN5O. The zero-order chi connectivity index (χ0) is 22.2. The van der Waals surface area contributed by atoms with Gasteiger partial charge in [0.05, 0.1) is 0 Å². The van der Waals surface area contributed by atoms with E-state index in [1.165, 1.54) is 0 Å². The maximum atomic E-state index is 12.4. The van der Waals surface area contributed by atoms with Gasteiger partial charge in [-0.25, -0.2) is 5.43 Å². The topological polar surface area (TPSA) is 69.6 Å². The molecule has 2 N–H and O–H groups in total. The summed E-state index contributed by atoms with van der Waals surface area (Å²) in [5.41, 5.74) is 5.83. The molecule has 1 saturated heterocycles. The molecular weight excluding hydrogens is 422 g/mol. The van der Waals surface area contributed by atoms with Crippen LogP contribution in [0.4, 0.5) is 11.4 Å². The number of halogens is 1. The summed E-state index contributed by atoms with van der Waals surface area (Å²) in [5, 5.41) is 8.26. The molecule has 0 bridgehead atoms. The number of piperidine rings is 1. The van der Waals surface area contributed by atoms with Gasteiger partial charge in [-0.1, -0.05) is 48.0 Å². The van der Waals surface area contributed by atoms with Crippen LogP contribution in [0.3, 0.4) is 0 Å². The van der Waals surface area contributed by atoms with Crippen LogP contribution in [0.2, 0.25) is 5.02 Å². The number of anilines is 2. The van der Waals surface area contributed by atoms with E-state index in [9.17, 15) is 4.79 Å². The van der Waals surface area contributed by atoms with Gasteiger partial charge in [0.2, 0.25) is 0 Å². The first-order valence-electron chi connectivity index (χ1n) is 10.7. The number of nitrogens with one attached hydrogen (secondary N) is 2. The van der Waals surface area contributed by atoms with Crippen molar-refractivity contribution in [2.24, 2.45) is 11.0 Å². The van der Waals surface area contributed by atoms with Gasteiger partial charge < -0.3 is 5.32 Å². The Morgan fingerprint density at radius 2 is 1.81 bits per heavy atom. The number of nitrogens with zero attached hydrogens (tertiary/aromatic N) is 3. The number of para-hydroxylation sites is 1. The summed E-state index contributed by atoms with van der Waals surface area (Å²) >= 11 is 6.27. The highest BCUT2D eigenvalue weighted by atomic mass is 35.5. The molecule has 1 aliphatic rings. The van der Waals surface area contributed by atoms with Crippen LogP contribution < -0.4 is 10.7 Å². The van der Waals surface area contributed by atoms with Crippen LogP contribution in [-0.4, -0.2) is 35.1 Å². The van der Waals surface area contributed by atoms with E-state index < -0.39 is 0 Å². The molecule has 2 aromatic carbocycles. The number of rotatable bonds is 7. The number of amides is 1. The molecule has 0 aliphatic carbocycles. The van der Waals surface area contributed by atoms with Crippen molar-refractivity contribution in [3.05, 3.63) is 89.2 Å². The molecule has 3 aromatic rings. The summed E-state index contributed by atoms with van der Waals surface area (Å²) in [6.07, 6.45) is 5.45. The van der Waals surface area contributed by atoms with E-state index in [4.69, 9.17) is 11.6 Å². The number of hydrazone groups is 1. The number of benzene rings is 2. The minimum absolute atomic E-state index is 0.317. The van der Waals surface area contributed by atoms with Crippen LogP contribution in [-0.2, 0) is 6.54 Å². The van der Waals surface area contributed by atoms with Crippen LogP contribution >= 0.6 is 11.6 Å². The molecule has 1 aromatic heterocycles. The Morgan fingerprint density at radius 3 is 2.59 bits per heavy atom. The number of hydrogen-bond acceptors (Lipinski definition) is 5. The Kier molecular flexibility index (Phi) is 7.48. The molecule has 1 fully saturated rings. The maximum Gasteiger partial charge on any atom is 0.290 e. The lowest BCUT2D eigenvalue weighted by Gasteiger charge is -2.30. The van der Waals surface area contributed by atoms with Gasteiger partial charge in [0.25, 0.3) is 5.91 Å². The number of hydrogen-bond donors (Lipinski definition) is 2. The van der Waals surface area contributed by atoms with Crippen LogP contribution in [0.5, 0.6) is 0 Å². The van der Waals surface area contributed by atoms with Crippen LogP contribution in [0.1, 0.15) is 28.9 Å². The van der Waals surface area contributed by atoms with E-state index in [1.807, 2.05) is 60.8 Å². The minimum atomic E-state index is -0.325. The van der Waals surface area contributed by atoms with Crippen molar-refractivity contribution in [2.45, 2.75) is 19.4 Å². The van der Waals surface area contributed by atoms with Crippen molar-refractivity contribution in [1.82, 2.24) is 15.3 Å². The molecule has 1 aliphatic heterocycles. The lowest BCUT2D eigenvalue weighted by molar-refractivity contribution is 0.0950. The Hall–Kier alpha value is -3.22. The second kappa shape index (κ2) is 10.9. The normalized spacial score (nSPS) is 15.0. The molecule has 0 spiro atoms. The number of pyridine rings is 1. The van der Waals surface area contributed by atoms with E-state index in [1.54, 1.807) is 12.3 Å². The first-order valence-corrected chi connectivity index (χ1v) is 11.1. The number of carbonyl (C=O) groups excluding carboxylic acids is 1. The Labute approximate surface area is 193 Å². The van der Waals surface area contributed by atoms with Crippen LogP contribution in [0.15, 0.2) is 78.0 Å². The first kappa shape index (κ1) is 22.0. The predicted molar refractivity (Wildman–Crippen MR) is 129 cm³/mol. The Bertz CT molecular complexity index is 1060. The average molecular weight is 448 g/mol. The third-order valence-electron chi connectivity index (χ3n) is 5.49. The molecule has 2 heterocycles. The quantitative estimate of drug-likeness (QED) is 0.390. The zero-order valence-electron chi connectivity index (χ0n) is 17.7. The largest absolute Gasteiger partial charge is 0.355 e. The second-order valence-electron chi connectivity index (χ2n) is 7.84. The minimum Gasteiger partial charge on any atom is -0.355 e. The molecule has 0 saturated carbocycles. The van der Waals surface area contributed by atoms with E-state index in [-0.39, 0.29) is 5.91 Å². The smallest absolute Gasteiger partial charge is 0.290 e. The fourth-order valence-corrected chi connectivity index (χ4v) is 3.90. The van der Waals surface area contributed by atoms with Gasteiger partial charge in [-0.15, -0.1) is 0 Å². The summed E-state index contributed by atoms with van der Waals surface area (Å²) in [4.78, 5) is 19.0. The summed E-state index contributed by atoms with van der Waals surface area (Å²) < 4.78 is 0. The Morgan fingerprint density at radius 1 is 1.06 bits per heavy atom. The van der Waals surface area contributed by atoms with Gasteiger partial charge in [0.1, 0.15) is 5.69 Å². The van der Waals surface area contributed by atoms with Crippen molar-refractivity contribution in [3.63, 3.8) is 0 Å². The van der Waals surface area contributed by atoms with Gasteiger partial charge in [0.15, 0.2) is 0 Å². The van der Waals surface area contributed by atoms with Crippen molar-refractivity contribution in [2.75, 3.05) is 18.4 Å². The van der Waals surface area contributed by atoms with E-state index in [2.05, 4.69) is 31.8 Å². The third-order valence-corrected chi connectivity index (χ3v) is 5.86. The lowest BCUT2D eigenvalue weighted by Crippen LogP contribution is -2.34. The molecule has 0 radical (unpaired) electrons. The Balaban J connectivity index is 1.24. The summed E-state index contributed by atoms with van der Waals surface area (Å²) in [6, 6.07) is 21.3. The van der Waals surface area contributed by atoms with E-state index in [0.717, 1.165) is 54.4 Å². The van der Waals surface area contributed by atoms with E-state index >= 15 is 0 Å². The van der Waals surface area contributed by atoms with Gasteiger partial charge in [0, 0.05) is 35.4 Å². The monoisotopic (exact) mass is 447 g/mol. The van der Waals surface area contributed by atoms with Gasteiger partial charge >= 0.3 is 0 Å². The molecule has 1 amide bonds. The fraction of sp³-hybridized carbons (Fsp3) is 0.240. The van der Waals surface area contributed by atoms with Crippen LogP contribution in [0.25, 0.3) is 0 Å². The molecule has 164 valence electrons. The number of likely N-dealkylation sites (tertiary alicyclic amines) is 1. The average Bonchev–Trinajstić information content (AvgIpc) is 2.82. The van der Waals surface area contributed by atoms with Crippen LogP contribution in [0, 0.1) is 5.92 Å². The standard InChI is InChI=1S/C25H26ClN5O/c26-23-9-5-4-6-20(23)18-31-14-11-19(12-15-31)17-28-30-25(32)24-16-22(10-13-27-24)29-21-7-2-1-3-8-21/h1-10,13,16-17,19H,11-12,14-15,18H2,(H,27,29)(H,30,32)/b28-17+. The molecule has 32 heavy (non-hydrogen) atoms. The predicted octanol–water partition coefficient (Wildman–Crippen LogP) is 5.11. The lowest BCUT2D eigenvalue weighted by atomic mass is 9.98. The van der Waals surface area contributed by atoms with Gasteiger partial charge in [-0.05, 0) is 67.7 Å². The van der Waals surface area contributed by atoms with Gasteiger partial charge in [-0.2, -0.15) is 5.10 Å². The zero-order valence-corrected chi connectivity index (χ0v) is 18.5. The van der Waals surface area contributed by atoms with Crippen molar-refractivity contribution in [1.29, 1.82) is 0 Å². The highest BCUT2D eigenvalue weighted by Gasteiger charge is 2.18. The summed E-state index contributed by atoms with van der Waals surface area (Å²) in [6.45, 7) is 2.81. The maximum absolute atomic E-state index is 12.4. The third kappa shape index (κ3) is 6.15. The highest BCUT2D eigenvalue weighted by Crippen LogP contribution is 2.21.